The molecule has 0 aromatic heterocycles. The quantitative estimate of drug-likeness (QED) is 0.788. The lowest BCUT2D eigenvalue weighted by Gasteiger charge is -2.23. The minimum atomic E-state index is -0.688. The van der Waals surface area contributed by atoms with E-state index in [-0.39, 0.29) is 16.4 Å². The molecular weight excluding hydrogens is 254 g/mol. The summed E-state index contributed by atoms with van der Waals surface area (Å²) in [6, 6.07) is 4.19. The number of hydrogen-bond acceptors (Lipinski definition) is 3. The molecule has 0 aliphatic carbocycles. The number of nitrogens with zero attached hydrogens (tertiary/aromatic N) is 1. The van der Waals surface area contributed by atoms with Crippen molar-refractivity contribution >= 4 is 34.8 Å². The third kappa shape index (κ3) is 1.73. The Labute approximate surface area is 110 Å². The van der Waals surface area contributed by atoms with Gasteiger partial charge in [0.05, 0.1) is 22.3 Å². The molecule has 0 bridgehead atoms. The summed E-state index contributed by atoms with van der Waals surface area (Å²) in [5.41, 5.74) is 0.617. The van der Waals surface area contributed by atoms with E-state index in [1.807, 2.05) is 0 Å². The van der Waals surface area contributed by atoms with Gasteiger partial charge in [0.1, 0.15) is 0 Å². The molecule has 0 spiro atoms. The average molecular weight is 266 g/mol. The molecule has 1 aliphatic heterocycles. The summed E-state index contributed by atoms with van der Waals surface area (Å²) in [5.74, 6) is -1.43. The van der Waals surface area contributed by atoms with Gasteiger partial charge in [-0.25, -0.2) is 0 Å². The van der Waals surface area contributed by atoms with E-state index in [2.05, 4.69) is 0 Å². The van der Waals surface area contributed by atoms with Gasteiger partial charge in [-0.1, -0.05) is 24.6 Å². The highest BCUT2D eigenvalue weighted by Gasteiger charge is 2.41. The molecule has 5 heteroatoms. The fourth-order valence-electron chi connectivity index (χ4n) is 2.09. The smallest absolute Gasteiger partial charge is 0.297 e. The first-order chi connectivity index (χ1) is 8.49. The number of amides is 1. The van der Waals surface area contributed by atoms with Gasteiger partial charge in [0, 0.05) is 6.42 Å². The second-order valence-electron chi connectivity index (χ2n) is 4.13. The third-order valence-electron chi connectivity index (χ3n) is 3.09. The van der Waals surface area contributed by atoms with Crippen molar-refractivity contribution in [2.45, 2.75) is 26.3 Å². The van der Waals surface area contributed by atoms with Gasteiger partial charge in [0.15, 0.2) is 5.78 Å². The van der Waals surface area contributed by atoms with Gasteiger partial charge >= 0.3 is 0 Å². The predicted molar refractivity (Wildman–Crippen MR) is 68.0 cm³/mol. The lowest BCUT2D eigenvalue weighted by Crippen LogP contribution is -2.42. The van der Waals surface area contributed by atoms with Crippen molar-refractivity contribution in [3.8, 4) is 0 Å². The Bertz CT molecular complexity index is 553. The molecule has 1 aromatic carbocycles. The number of rotatable bonds is 3. The standard InChI is InChI=1S/C13H12ClNO3/c1-3-10(16)7(2)15-9-6-4-5-8(14)11(9)12(17)13(15)18/h4-7H,3H2,1-2H3. The molecule has 1 heterocycles. The number of ketones is 2. The second-order valence-corrected chi connectivity index (χ2v) is 4.54. The maximum atomic E-state index is 11.9. The van der Waals surface area contributed by atoms with Gasteiger partial charge in [-0.3, -0.25) is 19.3 Å². The van der Waals surface area contributed by atoms with E-state index in [4.69, 9.17) is 11.6 Å². The van der Waals surface area contributed by atoms with Crippen molar-refractivity contribution in [3.05, 3.63) is 28.8 Å². The Morgan fingerprint density at radius 1 is 1.39 bits per heavy atom. The molecule has 0 fully saturated rings. The summed E-state index contributed by atoms with van der Waals surface area (Å²) in [4.78, 5) is 36.7. The molecule has 1 amide bonds. The molecule has 94 valence electrons. The van der Waals surface area contributed by atoms with Gasteiger partial charge < -0.3 is 0 Å². The second kappa shape index (κ2) is 4.53. The molecule has 0 saturated carbocycles. The van der Waals surface area contributed by atoms with E-state index >= 15 is 0 Å². The summed E-state index contributed by atoms with van der Waals surface area (Å²) < 4.78 is 0. The van der Waals surface area contributed by atoms with Crippen LogP contribution in [0.5, 0.6) is 0 Å². The van der Waals surface area contributed by atoms with E-state index in [0.29, 0.717) is 12.1 Å². The number of benzene rings is 1. The number of halogens is 1. The van der Waals surface area contributed by atoms with Crippen LogP contribution < -0.4 is 4.90 Å². The van der Waals surface area contributed by atoms with Crippen LogP contribution in [-0.4, -0.2) is 23.5 Å². The molecule has 2 rings (SSSR count). The molecule has 0 radical (unpaired) electrons. The lowest BCUT2D eigenvalue weighted by molar-refractivity contribution is -0.122. The fraction of sp³-hybridized carbons (Fsp3) is 0.308. The summed E-state index contributed by atoms with van der Waals surface area (Å²) in [6.45, 7) is 3.34. The Morgan fingerprint density at radius 2 is 2.06 bits per heavy atom. The molecule has 1 unspecified atom stereocenters. The van der Waals surface area contributed by atoms with E-state index < -0.39 is 17.7 Å². The van der Waals surface area contributed by atoms with Crippen molar-refractivity contribution in [2.24, 2.45) is 0 Å². The van der Waals surface area contributed by atoms with Crippen LogP contribution in [0.15, 0.2) is 18.2 Å². The first-order valence-electron chi connectivity index (χ1n) is 5.68. The summed E-state index contributed by atoms with van der Waals surface area (Å²) in [7, 11) is 0. The van der Waals surface area contributed by atoms with Crippen molar-refractivity contribution in [2.75, 3.05) is 4.90 Å². The topological polar surface area (TPSA) is 54.5 Å². The van der Waals surface area contributed by atoms with Gasteiger partial charge in [0.25, 0.3) is 11.7 Å². The van der Waals surface area contributed by atoms with Crippen molar-refractivity contribution in [1.29, 1.82) is 0 Å². The SMILES string of the molecule is CCC(=O)C(C)N1C(=O)C(=O)c2c(Cl)cccc21. The summed E-state index contributed by atoms with van der Waals surface area (Å²) >= 11 is 5.93. The van der Waals surface area contributed by atoms with Gasteiger partial charge in [-0.15, -0.1) is 0 Å². The minimum absolute atomic E-state index is 0.0935. The normalized spacial score (nSPS) is 15.8. The lowest BCUT2D eigenvalue weighted by atomic mass is 10.1. The van der Waals surface area contributed by atoms with Crippen LogP contribution in [0.2, 0.25) is 5.02 Å². The van der Waals surface area contributed by atoms with Gasteiger partial charge in [-0.2, -0.15) is 0 Å². The number of hydrogen-bond donors (Lipinski definition) is 0. The van der Waals surface area contributed by atoms with Crippen LogP contribution in [-0.2, 0) is 9.59 Å². The van der Waals surface area contributed by atoms with Crippen LogP contribution in [0.3, 0.4) is 0 Å². The van der Waals surface area contributed by atoms with Crippen LogP contribution in [0.25, 0.3) is 0 Å². The number of carbonyl (C=O) groups is 3. The van der Waals surface area contributed by atoms with Crippen molar-refractivity contribution in [1.82, 2.24) is 0 Å². The van der Waals surface area contributed by atoms with Crippen molar-refractivity contribution < 1.29 is 14.4 Å². The van der Waals surface area contributed by atoms with Crippen LogP contribution in [0.1, 0.15) is 30.6 Å². The molecule has 1 atom stereocenters. The molecule has 0 saturated heterocycles. The van der Waals surface area contributed by atoms with Crippen molar-refractivity contribution in [3.63, 3.8) is 0 Å². The maximum absolute atomic E-state index is 11.9. The zero-order valence-corrected chi connectivity index (χ0v) is 10.8. The zero-order chi connectivity index (χ0) is 13.4. The first-order valence-corrected chi connectivity index (χ1v) is 6.06. The zero-order valence-electron chi connectivity index (χ0n) is 10.1. The van der Waals surface area contributed by atoms with Crippen LogP contribution >= 0.6 is 11.6 Å². The first kappa shape index (κ1) is 12.8. The molecular formula is C13H12ClNO3. The Morgan fingerprint density at radius 3 is 2.67 bits per heavy atom. The van der Waals surface area contributed by atoms with Crippen LogP contribution in [0.4, 0.5) is 5.69 Å². The van der Waals surface area contributed by atoms with E-state index in [1.54, 1.807) is 32.0 Å². The fourth-order valence-corrected chi connectivity index (χ4v) is 2.34. The van der Waals surface area contributed by atoms with Crippen LogP contribution in [0, 0.1) is 0 Å². The average Bonchev–Trinajstić information content (AvgIpc) is 2.61. The predicted octanol–water partition coefficient (Wildman–Crippen LogP) is 2.24. The molecule has 1 aliphatic rings. The number of fused-ring (bicyclic) bond motifs is 1. The monoisotopic (exact) mass is 265 g/mol. The van der Waals surface area contributed by atoms with E-state index in [0.717, 1.165) is 0 Å². The largest absolute Gasteiger partial charge is 0.300 e. The Balaban J connectivity index is 2.53. The molecule has 0 N–H and O–H groups in total. The molecule has 4 nitrogen and oxygen atoms in total. The molecule has 1 aromatic rings. The molecule has 18 heavy (non-hydrogen) atoms. The number of carbonyl (C=O) groups excluding carboxylic acids is 3. The Kier molecular flexibility index (Phi) is 3.22. The Hall–Kier alpha value is -1.68. The summed E-state index contributed by atoms with van der Waals surface area (Å²) in [5, 5.41) is 0.240. The third-order valence-corrected chi connectivity index (χ3v) is 3.41. The van der Waals surface area contributed by atoms with E-state index in [1.165, 1.54) is 4.90 Å². The highest BCUT2D eigenvalue weighted by Crippen LogP contribution is 2.35. The van der Waals surface area contributed by atoms with E-state index in [9.17, 15) is 14.4 Å². The highest BCUT2D eigenvalue weighted by atomic mass is 35.5. The van der Waals surface area contributed by atoms with Gasteiger partial charge in [0.2, 0.25) is 0 Å². The highest BCUT2D eigenvalue weighted by molar-refractivity contribution is 6.55. The number of anilines is 1. The minimum Gasteiger partial charge on any atom is -0.297 e. The number of Topliss-reactive ketones (excluding diaryl/α,β-unsaturated/α-hetero) is 2. The van der Waals surface area contributed by atoms with Gasteiger partial charge in [-0.05, 0) is 19.1 Å². The maximum Gasteiger partial charge on any atom is 0.300 e. The summed E-state index contributed by atoms with van der Waals surface area (Å²) in [6.07, 6.45) is 0.315.